The van der Waals surface area contributed by atoms with Crippen LogP contribution in [0.15, 0.2) is 90.6 Å². The molecule has 6 rings (SSSR count). The number of aryl methyl sites for hydroxylation is 2. The number of hydrogen-bond acceptors (Lipinski definition) is 5. The zero-order valence-corrected chi connectivity index (χ0v) is 23.0. The van der Waals surface area contributed by atoms with Crippen molar-refractivity contribution in [2.24, 2.45) is 0 Å². The van der Waals surface area contributed by atoms with E-state index in [0.717, 1.165) is 39.4 Å². The lowest BCUT2D eigenvalue weighted by Crippen LogP contribution is -2.29. The van der Waals surface area contributed by atoms with Gasteiger partial charge >= 0.3 is 0 Å². The minimum absolute atomic E-state index is 0.0961. The molecule has 6 nitrogen and oxygen atoms in total. The summed E-state index contributed by atoms with van der Waals surface area (Å²) in [5.41, 5.74) is 6.58. The molecule has 0 spiro atoms. The normalized spacial score (nSPS) is 17.0. The summed E-state index contributed by atoms with van der Waals surface area (Å²) in [6, 6.07) is 24.2. The average molecular weight is 538 g/mol. The summed E-state index contributed by atoms with van der Waals surface area (Å²) in [5.74, 6) is 1.58. The molecular formula is C30H27N5OS2. The van der Waals surface area contributed by atoms with Crippen LogP contribution in [0.25, 0.3) is 5.13 Å². The molecule has 1 aliphatic heterocycles. The SMILES string of the molecule is Cc1ccc(Oc2ccc(N3C(=S)N[C@@H](c4ccccn4)[C@@H]3c3cc(C)n(-c4nccs4)c3C)cc2)cc1. The molecule has 0 radical (unpaired) electrons. The molecule has 2 aromatic carbocycles. The topological polar surface area (TPSA) is 55.2 Å². The summed E-state index contributed by atoms with van der Waals surface area (Å²) < 4.78 is 8.29. The van der Waals surface area contributed by atoms with Crippen LogP contribution in [0.4, 0.5) is 5.69 Å². The third-order valence-corrected chi connectivity index (χ3v) is 7.94. The highest BCUT2D eigenvalue weighted by Gasteiger charge is 2.42. The van der Waals surface area contributed by atoms with Gasteiger partial charge in [0, 0.05) is 34.8 Å². The van der Waals surface area contributed by atoms with E-state index in [1.165, 1.54) is 11.1 Å². The molecule has 1 saturated heterocycles. The van der Waals surface area contributed by atoms with Gasteiger partial charge < -0.3 is 15.0 Å². The number of thiocarbonyl (C=S) groups is 1. The van der Waals surface area contributed by atoms with E-state index in [1.807, 2.05) is 66.3 Å². The number of ether oxygens (including phenoxy) is 1. The Balaban J connectivity index is 1.39. The number of nitrogens with one attached hydrogen (secondary N) is 1. The molecule has 190 valence electrons. The van der Waals surface area contributed by atoms with Crippen LogP contribution in [0.5, 0.6) is 11.5 Å². The van der Waals surface area contributed by atoms with Gasteiger partial charge in [0.1, 0.15) is 11.5 Å². The Labute approximate surface area is 231 Å². The number of hydrogen-bond donors (Lipinski definition) is 1. The Hall–Kier alpha value is -4.01. The minimum Gasteiger partial charge on any atom is -0.457 e. The van der Waals surface area contributed by atoms with Gasteiger partial charge in [-0.25, -0.2) is 4.98 Å². The van der Waals surface area contributed by atoms with Crippen molar-refractivity contribution in [1.82, 2.24) is 19.9 Å². The minimum atomic E-state index is -0.113. The lowest BCUT2D eigenvalue weighted by atomic mass is 9.96. The van der Waals surface area contributed by atoms with E-state index in [0.29, 0.717) is 5.11 Å². The molecule has 5 aromatic rings. The van der Waals surface area contributed by atoms with Crippen molar-refractivity contribution in [1.29, 1.82) is 0 Å². The smallest absolute Gasteiger partial charge is 0.193 e. The van der Waals surface area contributed by atoms with Gasteiger partial charge in [0.15, 0.2) is 10.2 Å². The summed E-state index contributed by atoms with van der Waals surface area (Å²) in [4.78, 5) is 11.4. The van der Waals surface area contributed by atoms with Gasteiger partial charge in [-0.2, -0.15) is 0 Å². The quantitative estimate of drug-likeness (QED) is 0.231. The number of aromatic nitrogens is 3. The lowest BCUT2D eigenvalue weighted by Gasteiger charge is -2.28. The molecule has 38 heavy (non-hydrogen) atoms. The van der Waals surface area contributed by atoms with Crippen LogP contribution in [0, 0.1) is 20.8 Å². The second kappa shape index (κ2) is 10.0. The highest BCUT2D eigenvalue weighted by molar-refractivity contribution is 7.80. The average Bonchev–Trinajstić information content (AvgIpc) is 3.64. The zero-order valence-electron chi connectivity index (χ0n) is 21.3. The second-order valence-corrected chi connectivity index (χ2v) is 10.6. The third kappa shape index (κ3) is 4.46. The highest BCUT2D eigenvalue weighted by Crippen LogP contribution is 2.44. The van der Waals surface area contributed by atoms with Crippen molar-refractivity contribution < 1.29 is 4.74 Å². The lowest BCUT2D eigenvalue weighted by molar-refractivity contribution is 0.482. The van der Waals surface area contributed by atoms with Crippen molar-refractivity contribution in [2.45, 2.75) is 32.9 Å². The Bertz CT molecular complexity index is 1560. The van der Waals surface area contributed by atoms with Crippen LogP contribution in [-0.4, -0.2) is 19.6 Å². The predicted octanol–water partition coefficient (Wildman–Crippen LogP) is 7.22. The van der Waals surface area contributed by atoms with E-state index in [9.17, 15) is 0 Å². The molecule has 0 unspecified atom stereocenters. The predicted molar refractivity (Wildman–Crippen MR) is 157 cm³/mol. The number of nitrogens with zero attached hydrogens (tertiary/aromatic N) is 4. The van der Waals surface area contributed by atoms with Gasteiger partial charge in [-0.3, -0.25) is 9.55 Å². The Morgan fingerprint density at radius 3 is 2.29 bits per heavy atom. The first-order valence-electron chi connectivity index (χ1n) is 12.4. The second-order valence-electron chi connectivity index (χ2n) is 9.38. The Morgan fingerprint density at radius 2 is 1.63 bits per heavy atom. The van der Waals surface area contributed by atoms with Crippen LogP contribution in [0.3, 0.4) is 0 Å². The van der Waals surface area contributed by atoms with Crippen molar-refractivity contribution >= 4 is 34.4 Å². The molecule has 1 N–H and O–H groups in total. The largest absolute Gasteiger partial charge is 0.457 e. The van der Waals surface area contributed by atoms with Crippen LogP contribution < -0.4 is 15.0 Å². The van der Waals surface area contributed by atoms with Gasteiger partial charge in [-0.15, -0.1) is 11.3 Å². The first-order chi connectivity index (χ1) is 18.5. The maximum atomic E-state index is 6.07. The maximum Gasteiger partial charge on any atom is 0.193 e. The molecule has 0 saturated carbocycles. The molecule has 0 bridgehead atoms. The molecule has 0 aliphatic carbocycles. The fraction of sp³-hybridized carbons (Fsp3) is 0.167. The van der Waals surface area contributed by atoms with E-state index in [2.05, 4.69) is 69.8 Å². The van der Waals surface area contributed by atoms with Crippen molar-refractivity contribution in [3.05, 3.63) is 119 Å². The highest BCUT2D eigenvalue weighted by atomic mass is 32.1. The Kier molecular flexibility index (Phi) is 6.43. The van der Waals surface area contributed by atoms with E-state index in [-0.39, 0.29) is 12.1 Å². The molecular weight excluding hydrogens is 510 g/mol. The third-order valence-electron chi connectivity index (χ3n) is 6.87. The van der Waals surface area contributed by atoms with E-state index in [1.54, 1.807) is 11.3 Å². The number of benzene rings is 2. The van der Waals surface area contributed by atoms with E-state index >= 15 is 0 Å². The van der Waals surface area contributed by atoms with Crippen molar-refractivity contribution in [3.63, 3.8) is 0 Å². The van der Waals surface area contributed by atoms with Gasteiger partial charge in [-0.05, 0) is 93.1 Å². The first kappa shape index (κ1) is 24.3. The summed E-state index contributed by atoms with van der Waals surface area (Å²) in [5, 5.41) is 7.18. The summed E-state index contributed by atoms with van der Waals surface area (Å²) in [7, 11) is 0. The monoisotopic (exact) mass is 537 g/mol. The molecule has 8 heteroatoms. The molecule has 3 aromatic heterocycles. The maximum absolute atomic E-state index is 6.07. The van der Waals surface area contributed by atoms with Gasteiger partial charge in [0.25, 0.3) is 0 Å². The standard InChI is InChI=1S/C30H27N5OS2/c1-19-7-11-23(12-8-19)36-24-13-9-22(10-14-24)35-28(27(33-29(35)37)26-6-4-5-15-31-26)25-18-20(2)34(21(25)3)30-32-16-17-38-30/h4-18,27-28H,1-3H3,(H,33,37)/t27-,28-/m0/s1. The van der Waals surface area contributed by atoms with Crippen LogP contribution in [0.2, 0.25) is 0 Å². The zero-order chi connectivity index (χ0) is 26.2. The van der Waals surface area contributed by atoms with Crippen molar-refractivity contribution in [2.75, 3.05) is 4.90 Å². The molecule has 0 amide bonds. The number of anilines is 1. The fourth-order valence-corrected chi connectivity index (χ4v) is 6.17. The number of pyridine rings is 1. The Morgan fingerprint density at radius 1 is 0.895 bits per heavy atom. The summed E-state index contributed by atoms with van der Waals surface area (Å²) >= 11 is 7.56. The van der Waals surface area contributed by atoms with E-state index in [4.69, 9.17) is 17.0 Å². The van der Waals surface area contributed by atoms with E-state index < -0.39 is 0 Å². The van der Waals surface area contributed by atoms with Crippen LogP contribution in [0.1, 0.15) is 40.3 Å². The summed E-state index contributed by atoms with van der Waals surface area (Å²) in [6.07, 6.45) is 3.67. The molecule has 1 aliphatic rings. The van der Waals surface area contributed by atoms with Gasteiger partial charge in [-0.1, -0.05) is 23.8 Å². The molecule has 4 heterocycles. The first-order valence-corrected chi connectivity index (χ1v) is 13.7. The fourth-order valence-electron chi connectivity index (χ4n) is 5.07. The van der Waals surface area contributed by atoms with Crippen LogP contribution in [-0.2, 0) is 0 Å². The van der Waals surface area contributed by atoms with Crippen molar-refractivity contribution in [3.8, 4) is 16.6 Å². The van der Waals surface area contributed by atoms with Gasteiger partial charge in [0.05, 0.1) is 17.8 Å². The van der Waals surface area contributed by atoms with Crippen LogP contribution >= 0.6 is 23.6 Å². The molecule has 1 fully saturated rings. The molecule has 2 atom stereocenters. The number of thiazole rings is 1. The number of rotatable bonds is 6. The van der Waals surface area contributed by atoms with Gasteiger partial charge in [0.2, 0.25) is 0 Å². The summed E-state index contributed by atoms with van der Waals surface area (Å²) in [6.45, 7) is 6.34.